The number of hydrogen-bond acceptors (Lipinski definition) is 3. The molecule has 0 saturated carbocycles. The van der Waals surface area contributed by atoms with Crippen LogP contribution >= 0.6 is 15.9 Å². The first-order valence-electron chi connectivity index (χ1n) is 5.80. The van der Waals surface area contributed by atoms with Crippen molar-refractivity contribution in [2.45, 2.75) is 13.5 Å². The van der Waals surface area contributed by atoms with Crippen LogP contribution in [0, 0.1) is 22.9 Å². The summed E-state index contributed by atoms with van der Waals surface area (Å²) in [5.41, 5.74) is 0.970. The smallest absolute Gasteiger partial charge is 0.275 e. The molecular weight excluding hydrogens is 329 g/mol. The third kappa shape index (κ3) is 3.14. The SMILES string of the molecule is Cc1cc(OCc2ccccc2Br)c(F)cc1[N+](=O)[O-]. The Kier molecular flexibility index (Phi) is 4.34. The maximum absolute atomic E-state index is 13.8. The van der Waals surface area contributed by atoms with E-state index in [1.807, 2.05) is 24.3 Å². The highest BCUT2D eigenvalue weighted by Crippen LogP contribution is 2.28. The van der Waals surface area contributed by atoms with Crippen LogP contribution in [0.25, 0.3) is 0 Å². The Bertz CT molecular complexity index is 661. The summed E-state index contributed by atoms with van der Waals surface area (Å²) in [5.74, 6) is -0.738. The lowest BCUT2D eigenvalue weighted by Crippen LogP contribution is -2.00. The average Bonchev–Trinajstić information content (AvgIpc) is 2.40. The monoisotopic (exact) mass is 339 g/mol. The summed E-state index contributed by atoms with van der Waals surface area (Å²) in [5, 5.41) is 10.7. The number of ether oxygens (including phenoxy) is 1. The number of nitrogens with zero attached hydrogens (tertiary/aromatic N) is 1. The van der Waals surface area contributed by atoms with E-state index in [2.05, 4.69) is 15.9 Å². The van der Waals surface area contributed by atoms with Gasteiger partial charge in [-0.05, 0) is 19.1 Å². The Balaban J connectivity index is 2.21. The summed E-state index contributed by atoms with van der Waals surface area (Å²) >= 11 is 3.37. The minimum Gasteiger partial charge on any atom is -0.486 e. The molecule has 0 radical (unpaired) electrons. The molecular formula is C14H11BrFNO3. The number of halogens is 2. The topological polar surface area (TPSA) is 52.4 Å². The summed E-state index contributed by atoms with van der Waals surface area (Å²) in [4.78, 5) is 10.1. The second-order valence-electron chi connectivity index (χ2n) is 4.21. The molecule has 4 nitrogen and oxygen atoms in total. The van der Waals surface area contributed by atoms with Gasteiger partial charge in [0.25, 0.3) is 5.69 Å². The molecule has 0 bridgehead atoms. The van der Waals surface area contributed by atoms with Gasteiger partial charge in [0, 0.05) is 15.6 Å². The number of aryl methyl sites for hydroxylation is 1. The van der Waals surface area contributed by atoms with E-state index in [1.54, 1.807) is 6.92 Å². The highest BCUT2D eigenvalue weighted by atomic mass is 79.9. The van der Waals surface area contributed by atoms with Crippen LogP contribution in [0.2, 0.25) is 0 Å². The van der Waals surface area contributed by atoms with Gasteiger partial charge in [-0.25, -0.2) is 4.39 Å². The zero-order valence-corrected chi connectivity index (χ0v) is 12.2. The molecule has 0 amide bonds. The molecule has 0 N–H and O–H groups in total. The van der Waals surface area contributed by atoms with Gasteiger partial charge >= 0.3 is 0 Å². The normalized spacial score (nSPS) is 10.3. The Morgan fingerprint density at radius 3 is 2.70 bits per heavy atom. The second kappa shape index (κ2) is 6.00. The summed E-state index contributed by atoms with van der Waals surface area (Å²) in [7, 11) is 0. The molecule has 2 rings (SSSR count). The first kappa shape index (κ1) is 14.5. The molecule has 0 spiro atoms. The van der Waals surface area contributed by atoms with Crippen molar-refractivity contribution in [2.24, 2.45) is 0 Å². The molecule has 0 fully saturated rings. The summed E-state index contributed by atoms with van der Waals surface area (Å²) < 4.78 is 20.0. The van der Waals surface area contributed by atoms with E-state index in [1.165, 1.54) is 6.07 Å². The summed E-state index contributed by atoms with van der Waals surface area (Å²) in [6.07, 6.45) is 0. The van der Waals surface area contributed by atoms with E-state index < -0.39 is 10.7 Å². The largest absolute Gasteiger partial charge is 0.486 e. The molecule has 0 aliphatic rings. The maximum Gasteiger partial charge on any atom is 0.275 e. The van der Waals surface area contributed by atoms with E-state index in [0.717, 1.165) is 16.1 Å². The Hall–Kier alpha value is -1.95. The molecule has 0 atom stereocenters. The van der Waals surface area contributed by atoms with Crippen molar-refractivity contribution >= 4 is 21.6 Å². The second-order valence-corrected chi connectivity index (χ2v) is 5.06. The van der Waals surface area contributed by atoms with Crippen LogP contribution in [0.15, 0.2) is 40.9 Å². The van der Waals surface area contributed by atoms with Crippen LogP contribution in [0.3, 0.4) is 0 Å². The fraction of sp³-hybridized carbons (Fsp3) is 0.143. The molecule has 20 heavy (non-hydrogen) atoms. The lowest BCUT2D eigenvalue weighted by Gasteiger charge is -2.09. The van der Waals surface area contributed by atoms with Gasteiger partial charge in [0.2, 0.25) is 0 Å². The number of rotatable bonds is 4. The number of nitro groups is 1. The summed E-state index contributed by atoms with van der Waals surface area (Å²) in [6, 6.07) is 9.64. The predicted octanol–water partition coefficient (Wildman–Crippen LogP) is 4.38. The van der Waals surface area contributed by atoms with Crippen LogP contribution in [-0.2, 0) is 6.61 Å². The van der Waals surface area contributed by atoms with Gasteiger partial charge in [0.1, 0.15) is 6.61 Å². The predicted molar refractivity (Wildman–Crippen MR) is 76.3 cm³/mol. The van der Waals surface area contributed by atoms with Crippen molar-refractivity contribution in [3.05, 3.63) is 67.9 Å². The van der Waals surface area contributed by atoms with Crippen molar-refractivity contribution < 1.29 is 14.1 Å². The molecule has 2 aromatic rings. The molecule has 0 heterocycles. The van der Waals surface area contributed by atoms with Gasteiger partial charge in [-0.2, -0.15) is 0 Å². The third-order valence-corrected chi connectivity index (χ3v) is 3.56. The fourth-order valence-electron chi connectivity index (χ4n) is 1.72. The van der Waals surface area contributed by atoms with E-state index in [-0.39, 0.29) is 18.0 Å². The molecule has 0 aromatic heterocycles. The van der Waals surface area contributed by atoms with Gasteiger partial charge in [-0.3, -0.25) is 10.1 Å². The van der Waals surface area contributed by atoms with E-state index in [4.69, 9.17) is 4.74 Å². The molecule has 0 aliphatic heterocycles. The van der Waals surface area contributed by atoms with Gasteiger partial charge in [0.15, 0.2) is 11.6 Å². The minimum absolute atomic E-state index is 0.00357. The maximum atomic E-state index is 13.8. The third-order valence-electron chi connectivity index (χ3n) is 2.79. The standard InChI is InChI=1S/C14H11BrFNO3/c1-9-6-14(12(16)7-13(9)17(18)19)20-8-10-4-2-3-5-11(10)15/h2-7H,8H2,1H3. The van der Waals surface area contributed by atoms with Crippen molar-refractivity contribution in [2.75, 3.05) is 0 Å². The highest BCUT2D eigenvalue weighted by Gasteiger charge is 2.16. The van der Waals surface area contributed by atoms with E-state index in [9.17, 15) is 14.5 Å². The van der Waals surface area contributed by atoms with Crippen LogP contribution in [0.5, 0.6) is 5.75 Å². The molecule has 6 heteroatoms. The van der Waals surface area contributed by atoms with Gasteiger partial charge in [0.05, 0.1) is 11.0 Å². The van der Waals surface area contributed by atoms with E-state index >= 15 is 0 Å². The molecule has 0 unspecified atom stereocenters. The quantitative estimate of drug-likeness (QED) is 0.613. The van der Waals surface area contributed by atoms with Gasteiger partial charge in [-0.15, -0.1) is 0 Å². The Morgan fingerprint density at radius 2 is 2.05 bits per heavy atom. The van der Waals surface area contributed by atoms with Crippen LogP contribution < -0.4 is 4.74 Å². The lowest BCUT2D eigenvalue weighted by molar-refractivity contribution is -0.385. The van der Waals surface area contributed by atoms with Gasteiger partial charge in [-0.1, -0.05) is 34.1 Å². The molecule has 2 aromatic carbocycles. The van der Waals surface area contributed by atoms with Crippen molar-refractivity contribution in [3.8, 4) is 5.75 Å². The van der Waals surface area contributed by atoms with E-state index in [0.29, 0.717) is 5.56 Å². The van der Waals surface area contributed by atoms with Crippen molar-refractivity contribution in [1.29, 1.82) is 0 Å². The first-order chi connectivity index (χ1) is 9.49. The Morgan fingerprint density at radius 1 is 1.35 bits per heavy atom. The van der Waals surface area contributed by atoms with Crippen molar-refractivity contribution in [1.82, 2.24) is 0 Å². The summed E-state index contributed by atoms with van der Waals surface area (Å²) in [6.45, 7) is 1.72. The highest BCUT2D eigenvalue weighted by molar-refractivity contribution is 9.10. The first-order valence-corrected chi connectivity index (χ1v) is 6.59. The molecule has 104 valence electrons. The zero-order chi connectivity index (χ0) is 14.7. The van der Waals surface area contributed by atoms with Crippen molar-refractivity contribution in [3.63, 3.8) is 0 Å². The van der Waals surface area contributed by atoms with Crippen LogP contribution in [0.1, 0.15) is 11.1 Å². The van der Waals surface area contributed by atoms with Gasteiger partial charge < -0.3 is 4.74 Å². The number of nitro benzene ring substituents is 1. The number of benzene rings is 2. The minimum atomic E-state index is -0.741. The average molecular weight is 340 g/mol. The van der Waals surface area contributed by atoms with Crippen LogP contribution in [-0.4, -0.2) is 4.92 Å². The fourth-order valence-corrected chi connectivity index (χ4v) is 2.12. The number of hydrogen-bond donors (Lipinski definition) is 0. The molecule has 0 saturated heterocycles. The zero-order valence-electron chi connectivity index (χ0n) is 10.6. The Labute approximate surface area is 123 Å². The van der Waals surface area contributed by atoms with Crippen LogP contribution in [0.4, 0.5) is 10.1 Å². The lowest BCUT2D eigenvalue weighted by atomic mass is 10.2. The molecule has 0 aliphatic carbocycles.